The molecule has 1 fully saturated rings. The predicted octanol–water partition coefficient (Wildman–Crippen LogP) is 2.21. The molecule has 2 unspecified atom stereocenters. The number of nitrogens with zero attached hydrogens (tertiary/aromatic N) is 1. The van der Waals surface area contributed by atoms with Crippen molar-refractivity contribution in [2.45, 2.75) is 44.6 Å². The average Bonchev–Trinajstić information content (AvgIpc) is 2.54. The van der Waals surface area contributed by atoms with Gasteiger partial charge in [0.05, 0.1) is 6.04 Å². The molecule has 2 aliphatic rings. The van der Waals surface area contributed by atoms with Gasteiger partial charge in [0.2, 0.25) is 0 Å². The van der Waals surface area contributed by atoms with Crippen molar-refractivity contribution in [3.8, 4) is 0 Å². The number of fused-ring (bicyclic) bond motifs is 2. The van der Waals surface area contributed by atoms with Crippen molar-refractivity contribution in [1.82, 2.24) is 10.2 Å². The zero-order chi connectivity index (χ0) is 18.4. The Labute approximate surface area is 143 Å². The summed E-state index contributed by atoms with van der Waals surface area (Å²) in [5.41, 5.74) is 2.38. The van der Waals surface area contributed by atoms with Gasteiger partial charge in [-0.3, -0.25) is 10.1 Å². The number of hydrogen-bond acceptors (Lipinski definition) is 4. The maximum atomic E-state index is 12.7. The fourth-order valence-corrected chi connectivity index (χ4v) is 3.29. The molecule has 2 atom stereocenters. The maximum Gasteiger partial charge on any atom is 0.490 e. The monoisotopic (exact) mass is 356 g/mol. The van der Waals surface area contributed by atoms with Crippen molar-refractivity contribution in [3.63, 3.8) is 0 Å². The molecule has 2 heterocycles. The van der Waals surface area contributed by atoms with E-state index in [-0.39, 0.29) is 18.4 Å². The number of piperazine rings is 1. The van der Waals surface area contributed by atoms with Crippen molar-refractivity contribution in [2.75, 3.05) is 13.1 Å². The fourth-order valence-electron chi connectivity index (χ4n) is 3.29. The van der Waals surface area contributed by atoms with Crippen LogP contribution in [0.1, 0.15) is 41.3 Å². The van der Waals surface area contributed by atoms with Crippen LogP contribution in [0.15, 0.2) is 18.2 Å². The maximum absolute atomic E-state index is 12.7. The molecule has 0 spiro atoms. The first-order valence-corrected chi connectivity index (χ1v) is 8.13. The molecule has 0 aliphatic carbocycles. The summed E-state index contributed by atoms with van der Waals surface area (Å²) >= 11 is 0. The van der Waals surface area contributed by atoms with Gasteiger partial charge in [-0.2, -0.15) is 13.2 Å². The van der Waals surface area contributed by atoms with Crippen LogP contribution < -0.4 is 5.32 Å². The van der Waals surface area contributed by atoms with Gasteiger partial charge < -0.3 is 9.64 Å². The lowest BCUT2D eigenvalue weighted by atomic mass is 9.88. The second-order valence-corrected chi connectivity index (χ2v) is 6.62. The molecule has 5 nitrogen and oxygen atoms in total. The highest BCUT2D eigenvalue weighted by molar-refractivity contribution is 5.97. The van der Waals surface area contributed by atoms with E-state index in [9.17, 15) is 22.8 Å². The molecule has 136 valence electrons. The zero-order valence-corrected chi connectivity index (χ0v) is 13.9. The summed E-state index contributed by atoms with van der Waals surface area (Å²) in [6, 6.07) is 4.92. The quantitative estimate of drug-likeness (QED) is 0.826. The van der Waals surface area contributed by atoms with Crippen LogP contribution in [0, 0.1) is 0 Å². The molecule has 8 heteroatoms. The summed E-state index contributed by atoms with van der Waals surface area (Å²) in [5, 5.41) is 2.77. The Morgan fingerprint density at radius 2 is 2.08 bits per heavy atom. The topological polar surface area (TPSA) is 58.6 Å². The van der Waals surface area contributed by atoms with Gasteiger partial charge >= 0.3 is 12.1 Å². The normalized spacial score (nSPS) is 23.3. The summed E-state index contributed by atoms with van der Waals surface area (Å²) < 4.78 is 42.1. The van der Waals surface area contributed by atoms with Crippen molar-refractivity contribution < 1.29 is 27.5 Å². The number of benzene rings is 1. The predicted molar refractivity (Wildman–Crippen MR) is 83.0 cm³/mol. The van der Waals surface area contributed by atoms with Gasteiger partial charge in [0, 0.05) is 18.7 Å². The largest absolute Gasteiger partial charge is 0.490 e. The third-order valence-corrected chi connectivity index (χ3v) is 4.63. The molecular weight excluding hydrogens is 337 g/mol. The van der Waals surface area contributed by atoms with Gasteiger partial charge in [0.15, 0.2) is 6.23 Å². The number of amides is 1. The Bertz CT molecular complexity index is 703. The van der Waals surface area contributed by atoms with Gasteiger partial charge in [-0.25, -0.2) is 4.79 Å². The van der Waals surface area contributed by atoms with E-state index in [4.69, 9.17) is 0 Å². The number of nitrogens with one attached hydrogen (secondary N) is 1. The van der Waals surface area contributed by atoms with Crippen molar-refractivity contribution in [2.24, 2.45) is 0 Å². The van der Waals surface area contributed by atoms with Gasteiger partial charge in [-0.15, -0.1) is 0 Å². The van der Waals surface area contributed by atoms with E-state index in [2.05, 4.69) is 10.1 Å². The lowest BCUT2D eigenvalue weighted by molar-refractivity contribution is -0.210. The Kier molecular flexibility index (Phi) is 4.49. The highest BCUT2D eigenvalue weighted by Gasteiger charge is 2.46. The lowest BCUT2D eigenvalue weighted by Crippen LogP contribution is -2.63. The highest BCUT2D eigenvalue weighted by atomic mass is 19.4. The van der Waals surface area contributed by atoms with Crippen molar-refractivity contribution in [1.29, 1.82) is 0 Å². The molecule has 25 heavy (non-hydrogen) atoms. The minimum absolute atomic E-state index is 0.240. The van der Waals surface area contributed by atoms with E-state index in [0.29, 0.717) is 18.5 Å². The fraction of sp³-hybridized carbons (Fsp3) is 0.529. The average molecular weight is 356 g/mol. The minimum Gasteiger partial charge on any atom is -0.438 e. The van der Waals surface area contributed by atoms with E-state index < -0.39 is 24.4 Å². The van der Waals surface area contributed by atoms with Gasteiger partial charge in [-0.05, 0) is 29.5 Å². The van der Waals surface area contributed by atoms with Crippen LogP contribution >= 0.6 is 0 Å². The second kappa shape index (κ2) is 6.33. The number of carbonyl (C=O) groups is 2. The molecular formula is C17H19F3N2O3. The van der Waals surface area contributed by atoms with Crippen molar-refractivity contribution >= 4 is 11.9 Å². The van der Waals surface area contributed by atoms with E-state index in [0.717, 1.165) is 11.1 Å². The molecule has 1 amide bonds. The number of halogens is 3. The molecule has 1 aromatic carbocycles. The van der Waals surface area contributed by atoms with E-state index in [1.54, 1.807) is 6.07 Å². The first-order chi connectivity index (χ1) is 11.7. The van der Waals surface area contributed by atoms with Gasteiger partial charge in [0.25, 0.3) is 5.91 Å². The molecule has 0 bridgehead atoms. The molecule has 1 saturated heterocycles. The Morgan fingerprint density at radius 3 is 2.72 bits per heavy atom. The molecule has 2 aliphatic heterocycles. The standard InChI is InChI=1S/C17H19F3N2O3/c1-9(2)10-3-4-12-11(7-10)8-13-14(25-16(24)17(18,19)20)21-5-6-22(13)15(12)23/h3-4,7,9,13-14,21H,5-6,8H2,1-2H3. The molecule has 1 N–H and O–H groups in total. The van der Waals surface area contributed by atoms with Crippen LogP contribution in [0.5, 0.6) is 0 Å². The molecule has 0 saturated carbocycles. The number of alkyl halides is 3. The molecule has 0 aromatic heterocycles. The molecule has 1 aromatic rings. The van der Waals surface area contributed by atoms with Crippen LogP contribution in [0.3, 0.4) is 0 Å². The summed E-state index contributed by atoms with van der Waals surface area (Å²) in [6.45, 7) is 4.66. The number of ether oxygens (including phenoxy) is 1. The van der Waals surface area contributed by atoms with Gasteiger partial charge in [-0.1, -0.05) is 26.0 Å². The van der Waals surface area contributed by atoms with Crippen LogP contribution in [0.25, 0.3) is 0 Å². The summed E-state index contributed by atoms with van der Waals surface area (Å²) in [4.78, 5) is 25.4. The first kappa shape index (κ1) is 17.7. The summed E-state index contributed by atoms with van der Waals surface area (Å²) in [5.74, 6) is -2.22. The Balaban J connectivity index is 1.89. The van der Waals surface area contributed by atoms with E-state index in [1.165, 1.54) is 4.90 Å². The minimum atomic E-state index is -5.06. The number of esters is 1. The third-order valence-electron chi connectivity index (χ3n) is 4.63. The van der Waals surface area contributed by atoms with Crippen LogP contribution in [-0.2, 0) is 16.0 Å². The van der Waals surface area contributed by atoms with E-state index in [1.807, 2.05) is 26.0 Å². The first-order valence-electron chi connectivity index (χ1n) is 8.13. The van der Waals surface area contributed by atoms with Crippen LogP contribution in [0.4, 0.5) is 13.2 Å². The number of hydrogen-bond donors (Lipinski definition) is 1. The second-order valence-electron chi connectivity index (χ2n) is 6.62. The Hall–Kier alpha value is -2.09. The molecule has 3 rings (SSSR count). The van der Waals surface area contributed by atoms with Crippen molar-refractivity contribution in [3.05, 3.63) is 34.9 Å². The van der Waals surface area contributed by atoms with Gasteiger partial charge in [0.1, 0.15) is 0 Å². The highest BCUT2D eigenvalue weighted by Crippen LogP contribution is 2.30. The summed E-state index contributed by atoms with van der Waals surface area (Å²) in [7, 11) is 0. The number of rotatable bonds is 2. The smallest absolute Gasteiger partial charge is 0.438 e. The Morgan fingerprint density at radius 1 is 1.36 bits per heavy atom. The third kappa shape index (κ3) is 3.35. The SMILES string of the molecule is CC(C)c1ccc2c(c1)CC1C(OC(=O)C(F)(F)F)NCCN1C2=O. The van der Waals surface area contributed by atoms with Crippen LogP contribution in [-0.4, -0.2) is 48.3 Å². The molecule has 0 radical (unpaired) electrons. The number of carbonyl (C=O) groups excluding carboxylic acids is 2. The summed E-state index contributed by atoms with van der Waals surface area (Å²) in [6.07, 6.45) is -5.90. The zero-order valence-electron chi connectivity index (χ0n) is 13.9. The van der Waals surface area contributed by atoms with E-state index >= 15 is 0 Å². The lowest BCUT2D eigenvalue weighted by Gasteiger charge is -2.44. The van der Waals surface area contributed by atoms with Crippen LogP contribution in [0.2, 0.25) is 0 Å².